The minimum absolute atomic E-state index is 0.237. The number of nitrogens with zero attached hydrogens (tertiary/aromatic N) is 4. The first-order chi connectivity index (χ1) is 12.3. The minimum Gasteiger partial charge on any atom is -0.330 e. The van der Waals surface area contributed by atoms with Gasteiger partial charge in [0.15, 0.2) is 10.9 Å². The van der Waals surface area contributed by atoms with Crippen LogP contribution in [0.15, 0.2) is 30.5 Å². The number of anilines is 2. The second-order valence-electron chi connectivity index (χ2n) is 5.88. The van der Waals surface area contributed by atoms with Crippen molar-refractivity contribution in [2.45, 2.75) is 20.4 Å². The van der Waals surface area contributed by atoms with Gasteiger partial charge in [0, 0.05) is 29.4 Å². The van der Waals surface area contributed by atoms with Gasteiger partial charge in [-0.1, -0.05) is 17.7 Å². The molecule has 0 aliphatic heterocycles. The molecule has 0 aliphatic carbocycles. The fourth-order valence-corrected chi connectivity index (χ4v) is 2.89. The Labute approximate surface area is 161 Å². The standard InChI is InChI=1S/C17H18ClFN6S/c1-10-7-16(22-17(26)21-15-8-20-24(3)11(15)2)23-25(10)9-12-13(18)5-4-6-14(12)19/h4-8H,9H2,1-3H3,(H2,21,22,23,26). The Morgan fingerprint density at radius 1 is 1.31 bits per heavy atom. The van der Waals surface area contributed by atoms with Crippen molar-refractivity contribution in [3.8, 4) is 0 Å². The van der Waals surface area contributed by atoms with Crippen molar-refractivity contribution in [1.82, 2.24) is 19.6 Å². The third kappa shape index (κ3) is 3.86. The van der Waals surface area contributed by atoms with E-state index in [1.165, 1.54) is 6.07 Å². The van der Waals surface area contributed by atoms with Crippen molar-refractivity contribution in [3.05, 3.63) is 58.3 Å². The Balaban J connectivity index is 1.72. The van der Waals surface area contributed by atoms with Crippen molar-refractivity contribution in [2.24, 2.45) is 7.05 Å². The summed E-state index contributed by atoms with van der Waals surface area (Å²) in [5, 5.41) is 15.5. The van der Waals surface area contributed by atoms with Crippen LogP contribution >= 0.6 is 23.8 Å². The van der Waals surface area contributed by atoms with Crippen LogP contribution in [0.4, 0.5) is 15.9 Å². The molecule has 2 aromatic heterocycles. The molecule has 0 saturated carbocycles. The van der Waals surface area contributed by atoms with E-state index >= 15 is 0 Å². The molecule has 0 aliphatic rings. The highest BCUT2D eigenvalue weighted by Gasteiger charge is 2.12. The van der Waals surface area contributed by atoms with Crippen molar-refractivity contribution >= 4 is 40.4 Å². The molecule has 0 amide bonds. The molecule has 1 aromatic carbocycles. The highest BCUT2D eigenvalue weighted by atomic mass is 35.5. The van der Waals surface area contributed by atoms with E-state index in [0.29, 0.717) is 21.5 Å². The summed E-state index contributed by atoms with van der Waals surface area (Å²) in [5.74, 6) is 0.208. The van der Waals surface area contributed by atoms with Crippen LogP contribution in [0.5, 0.6) is 0 Å². The van der Waals surface area contributed by atoms with Gasteiger partial charge in [0.05, 0.1) is 24.1 Å². The van der Waals surface area contributed by atoms with E-state index < -0.39 is 0 Å². The van der Waals surface area contributed by atoms with Crippen LogP contribution in [0.1, 0.15) is 17.0 Å². The topological polar surface area (TPSA) is 59.7 Å². The zero-order chi connectivity index (χ0) is 18.8. The first-order valence-electron chi connectivity index (χ1n) is 7.89. The van der Waals surface area contributed by atoms with Crippen LogP contribution in [-0.2, 0) is 13.6 Å². The lowest BCUT2D eigenvalue weighted by molar-refractivity contribution is 0.581. The molecule has 0 spiro atoms. The van der Waals surface area contributed by atoms with Gasteiger partial charge in [-0.05, 0) is 38.2 Å². The molecule has 9 heteroatoms. The maximum atomic E-state index is 14.0. The van der Waals surface area contributed by atoms with E-state index in [1.807, 2.05) is 27.0 Å². The van der Waals surface area contributed by atoms with Crippen LogP contribution in [0.3, 0.4) is 0 Å². The molecule has 3 rings (SSSR count). The molecular weight excluding hydrogens is 375 g/mol. The number of benzene rings is 1. The number of hydrogen-bond donors (Lipinski definition) is 2. The van der Waals surface area contributed by atoms with E-state index in [9.17, 15) is 4.39 Å². The van der Waals surface area contributed by atoms with E-state index in [0.717, 1.165) is 17.1 Å². The monoisotopic (exact) mass is 392 g/mol. The zero-order valence-corrected chi connectivity index (χ0v) is 16.1. The van der Waals surface area contributed by atoms with Crippen molar-refractivity contribution < 1.29 is 4.39 Å². The molecule has 136 valence electrons. The Morgan fingerprint density at radius 2 is 2.08 bits per heavy atom. The van der Waals surface area contributed by atoms with Crippen molar-refractivity contribution in [1.29, 1.82) is 0 Å². The molecule has 6 nitrogen and oxygen atoms in total. The zero-order valence-electron chi connectivity index (χ0n) is 14.5. The molecule has 0 bridgehead atoms. The highest BCUT2D eigenvalue weighted by Crippen LogP contribution is 2.21. The fourth-order valence-electron chi connectivity index (χ4n) is 2.46. The van der Waals surface area contributed by atoms with Crippen LogP contribution in [0.25, 0.3) is 0 Å². The fraction of sp³-hybridized carbons (Fsp3) is 0.235. The third-order valence-corrected chi connectivity index (χ3v) is 4.63. The summed E-state index contributed by atoms with van der Waals surface area (Å²) in [6, 6.07) is 6.45. The Hall–Kier alpha value is -2.45. The summed E-state index contributed by atoms with van der Waals surface area (Å²) in [6.45, 7) is 4.06. The summed E-state index contributed by atoms with van der Waals surface area (Å²) in [6.07, 6.45) is 1.70. The van der Waals surface area contributed by atoms with E-state index in [2.05, 4.69) is 20.8 Å². The average Bonchev–Trinajstić information content (AvgIpc) is 3.07. The lowest BCUT2D eigenvalue weighted by atomic mass is 10.2. The summed E-state index contributed by atoms with van der Waals surface area (Å²) < 4.78 is 17.4. The summed E-state index contributed by atoms with van der Waals surface area (Å²) >= 11 is 11.4. The first-order valence-corrected chi connectivity index (χ1v) is 8.67. The van der Waals surface area contributed by atoms with Crippen LogP contribution in [0.2, 0.25) is 5.02 Å². The molecule has 3 aromatic rings. The van der Waals surface area contributed by atoms with Gasteiger partial charge in [-0.2, -0.15) is 10.2 Å². The molecular formula is C17H18ClFN6S. The first kappa shape index (κ1) is 18.3. The molecule has 0 saturated heterocycles. The molecule has 0 fully saturated rings. The number of hydrogen-bond acceptors (Lipinski definition) is 3. The number of halogens is 2. The SMILES string of the molecule is Cc1c(NC(=S)Nc2cc(C)n(Cc3c(F)cccc3Cl)n2)cnn1C. The van der Waals surface area contributed by atoms with Gasteiger partial charge in [0.2, 0.25) is 0 Å². The number of thiocarbonyl (C=S) groups is 1. The normalized spacial score (nSPS) is 10.8. The van der Waals surface area contributed by atoms with Gasteiger partial charge in [-0.15, -0.1) is 0 Å². The summed E-state index contributed by atoms with van der Waals surface area (Å²) in [5.41, 5.74) is 3.04. The molecule has 0 atom stereocenters. The third-order valence-electron chi connectivity index (χ3n) is 4.08. The van der Waals surface area contributed by atoms with Gasteiger partial charge < -0.3 is 10.6 Å². The number of aromatic nitrogens is 4. The van der Waals surface area contributed by atoms with Gasteiger partial charge >= 0.3 is 0 Å². The summed E-state index contributed by atoms with van der Waals surface area (Å²) in [4.78, 5) is 0. The second kappa shape index (κ2) is 7.43. The molecule has 26 heavy (non-hydrogen) atoms. The highest BCUT2D eigenvalue weighted by molar-refractivity contribution is 7.80. The maximum absolute atomic E-state index is 14.0. The largest absolute Gasteiger partial charge is 0.330 e. The van der Waals surface area contributed by atoms with Gasteiger partial charge in [-0.25, -0.2) is 4.39 Å². The predicted octanol–water partition coefficient (Wildman–Crippen LogP) is 3.88. The average molecular weight is 393 g/mol. The van der Waals surface area contributed by atoms with Crippen LogP contribution in [0, 0.1) is 19.7 Å². The molecule has 0 radical (unpaired) electrons. The van der Waals surface area contributed by atoms with Crippen LogP contribution < -0.4 is 10.6 Å². The predicted molar refractivity (Wildman–Crippen MR) is 105 cm³/mol. The Kier molecular flexibility index (Phi) is 5.24. The van der Waals surface area contributed by atoms with Crippen molar-refractivity contribution in [3.63, 3.8) is 0 Å². The Bertz CT molecular complexity index is 944. The van der Waals surface area contributed by atoms with Crippen molar-refractivity contribution in [2.75, 3.05) is 10.6 Å². The van der Waals surface area contributed by atoms with E-state index in [4.69, 9.17) is 23.8 Å². The number of rotatable bonds is 4. The lowest BCUT2D eigenvalue weighted by Gasteiger charge is -2.09. The number of aryl methyl sites for hydroxylation is 2. The molecule has 2 heterocycles. The van der Waals surface area contributed by atoms with Gasteiger partial charge in [-0.3, -0.25) is 9.36 Å². The lowest BCUT2D eigenvalue weighted by Crippen LogP contribution is -2.20. The number of nitrogens with one attached hydrogen (secondary N) is 2. The second-order valence-corrected chi connectivity index (χ2v) is 6.69. The smallest absolute Gasteiger partial charge is 0.176 e. The molecule has 0 unspecified atom stereocenters. The van der Waals surface area contributed by atoms with Gasteiger partial charge in [0.1, 0.15) is 5.82 Å². The van der Waals surface area contributed by atoms with Crippen LogP contribution in [-0.4, -0.2) is 24.7 Å². The van der Waals surface area contributed by atoms with E-state index in [1.54, 1.807) is 27.7 Å². The summed E-state index contributed by atoms with van der Waals surface area (Å²) in [7, 11) is 1.86. The quantitative estimate of drug-likeness (QED) is 0.660. The Morgan fingerprint density at radius 3 is 2.73 bits per heavy atom. The molecule has 2 N–H and O–H groups in total. The van der Waals surface area contributed by atoms with E-state index in [-0.39, 0.29) is 12.4 Å². The van der Waals surface area contributed by atoms with Gasteiger partial charge in [0.25, 0.3) is 0 Å². The maximum Gasteiger partial charge on any atom is 0.176 e. The minimum atomic E-state index is -0.355.